The lowest BCUT2D eigenvalue weighted by atomic mass is 10.1. The second-order valence-corrected chi connectivity index (χ2v) is 11.6. The molecule has 1 rings (SSSR count). The molecule has 6 nitrogen and oxygen atoms in total. The third-order valence-corrected chi connectivity index (χ3v) is 8.61. The first-order chi connectivity index (χ1) is 8.99. The molecule has 0 bridgehead atoms. The molecule has 0 aromatic rings. The molecule has 4 atom stereocenters. The number of aliphatic hydroxyl groups is 2. The summed E-state index contributed by atoms with van der Waals surface area (Å²) in [5.41, 5.74) is 0. The molecule has 0 saturated carbocycles. The molecule has 0 aromatic heterocycles. The Morgan fingerprint density at radius 1 is 1.40 bits per heavy atom. The molecule has 118 valence electrons. The van der Waals surface area contributed by atoms with Crippen LogP contribution in [0.5, 0.6) is 0 Å². The van der Waals surface area contributed by atoms with Crippen LogP contribution in [0.25, 0.3) is 0 Å². The molecule has 0 aromatic carbocycles. The van der Waals surface area contributed by atoms with Crippen LogP contribution in [0.3, 0.4) is 0 Å². The predicted octanol–water partition coefficient (Wildman–Crippen LogP) is 0.591. The van der Waals surface area contributed by atoms with Gasteiger partial charge in [-0.05, 0) is 18.1 Å². The molecular weight excluding hydrogens is 278 g/mol. The van der Waals surface area contributed by atoms with Crippen LogP contribution in [0.1, 0.15) is 27.7 Å². The summed E-state index contributed by atoms with van der Waals surface area (Å²) in [5.74, 6) is -0.241. The van der Waals surface area contributed by atoms with Crippen molar-refractivity contribution in [2.24, 2.45) is 0 Å². The number of aliphatic hydroxyl groups excluding tert-OH is 2. The molecule has 1 fully saturated rings. The summed E-state index contributed by atoms with van der Waals surface area (Å²) in [6, 6.07) is -0.540. The first-order valence-electron chi connectivity index (χ1n) is 6.89. The SMILES string of the molecule is CC(=O)N[C@@H]1C(O[Si](C)(C)C(C)(C)C)[C@H](O)O[C@@H]1CO. The third-order valence-electron chi connectivity index (χ3n) is 4.14. The van der Waals surface area contributed by atoms with E-state index in [4.69, 9.17) is 9.16 Å². The Bertz CT molecular complexity index is 355. The van der Waals surface area contributed by atoms with Crippen molar-refractivity contribution in [3.05, 3.63) is 0 Å². The van der Waals surface area contributed by atoms with Crippen LogP contribution >= 0.6 is 0 Å². The Kier molecular flexibility index (Phi) is 5.37. The predicted molar refractivity (Wildman–Crippen MR) is 77.6 cm³/mol. The number of rotatable bonds is 4. The highest BCUT2D eigenvalue weighted by Gasteiger charge is 2.49. The Hall–Kier alpha value is -0.473. The number of carbonyl (C=O) groups is 1. The van der Waals surface area contributed by atoms with E-state index in [0.29, 0.717) is 0 Å². The molecule has 0 aliphatic carbocycles. The van der Waals surface area contributed by atoms with Gasteiger partial charge in [0.1, 0.15) is 12.2 Å². The maximum atomic E-state index is 11.3. The van der Waals surface area contributed by atoms with E-state index in [1.54, 1.807) is 0 Å². The van der Waals surface area contributed by atoms with Crippen LogP contribution < -0.4 is 5.32 Å². The summed E-state index contributed by atoms with van der Waals surface area (Å²) >= 11 is 0. The van der Waals surface area contributed by atoms with E-state index in [0.717, 1.165) is 0 Å². The van der Waals surface area contributed by atoms with Gasteiger partial charge in [0, 0.05) is 6.92 Å². The minimum atomic E-state index is -2.12. The van der Waals surface area contributed by atoms with Gasteiger partial charge in [-0.3, -0.25) is 4.79 Å². The maximum Gasteiger partial charge on any atom is 0.217 e. The molecule has 1 saturated heterocycles. The van der Waals surface area contributed by atoms with Crippen LogP contribution in [0, 0.1) is 0 Å². The molecular formula is C13H27NO5Si. The fourth-order valence-corrected chi connectivity index (χ4v) is 3.24. The van der Waals surface area contributed by atoms with E-state index in [1.165, 1.54) is 6.92 Å². The van der Waals surface area contributed by atoms with E-state index in [9.17, 15) is 15.0 Å². The monoisotopic (exact) mass is 305 g/mol. The Morgan fingerprint density at radius 2 is 1.95 bits per heavy atom. The lowest BCUT2D eigenvalue weighted by Crippen LogP contribution is -2.54. The largest absolute Gasteiger partial charge is 0.407 e. The van der Waals surface area contributed by atoms with Gasteiger partial charge in [-0.2, -0.15) is 0 Å². The number of ether oxygens (including phenoxy) is 1. The van der Waals surface area contributed by atoms with Crippen molar-refractivity contribution in [3.8, 4) is 0 Å². The van der Waals surface area contributed by atoms with Crippen molar-refractivity contribution in [2.75, 3.05) is 6.61 Å². The minimum absolute atomic E-state index is 0.0230. The highest BCUT2D eigenvalue weighted by molar-refractivity contribution is 6.74. The summed E-state index contributed by atoms with van der Waals surface area (Å²) in [6.07, 6.45) is -2.45. The first kappa shape index (κ1) is 17.6. The molecule has 1 aliphatic heterocycles. The van der Waals surface area contributed by atoms with Gasteiger partial charge >= 0.3 is 0 Å². The van der Waals surface area contributed by atoms with Gasteiger partial charge in [0.25, 0.3) is 0 Å². The zero-order valence-electron chi connectivity index (χ0n) is 13.1. The number of carbonyl (C=O) groups excluding carboxylic acids is 1. The quantitative estimate of drug-likeness (QED) is 0.662. The van der Waals surface area contributed by atoms with E-state index in [-0.39, 0.29) is 17.6 Å². The van der Waals surface area contributed by atoms with Crippen molar-refractivity contribution in [1.29, 1.82) is 0 Å². The van der Waals surface area contributed by atoms with Gasteiger partial charge in [-0.15, -0.1) is 0 Å². The van der Waals surface area contributed by atoms with Crippen LogP contribution in [0.2, 0.25) is 18.1 Å². The molecule has 20 heavy (non-hydrogen) atoms. The Labute approximate surface area is 121 Å². The summed E-state index contributed by atoms with van der Waals surface area (Å²) in [7, 11) is -2.12. The second-order valence-electron chi connectivity index (χ2n) is 6.82. The minimum Gasteiger partial charge on any atom is -0.407 e. The molecule has 7 heteroatoms. The lowest BCUT2D eigenvalue weighted by Gasteiger charge is -2.40. The highest BCUT2D eigenvalue weighted by atomic mass is 28.4. The molecule has 1 heterocycles. The molecule has 0 radical (unpaired) electrons. The maximum absolute atomic E-state index is 11.3. The Morgan fingerprint density at radius 3 is 2.35 bits per heavy atom. The van der Waals surface area contributed by atoms with Crippen LogP contribution in [0.15, 0.2) is 0 Å². The number of hydrogen-bond acceptors (Lipinski definition) is 5. The summed E-state index contributed by atoms with van der Waals surface area (Å²) in [5, 5.41) is 22.0. The van der Waals surface area contributed by atoms with Gasteiger partial charge in [0.2, 0.25) is 5.91 Å². The first-order valence-corrected chi connectivity index (χ1v) is 9.79. The van der Waals surface area contributed by atoms with Crippen LogP contribution in [-0.2, 0) is 14.0 Å². The number of nitrogens with one attached hydrogen (secondary N) is 1. The van der Waals surface area contributed by atoms with Crippen LogP contribution in [-0.4, -0.2) is 55.6 Å². The van der Waals surface area contributed by atoms with Crippen molar-refractivity contribution in [2.45, 2.75) is 70.4 Å². The molecule has 1 unspecified atom stereocenters. The van der Waals surface area contributed by atoms with Crippen molar-refractivity contribution < 1.29 is 24.2 Å². The lowest BCUT2D eigenvalue weighted by molar-refractivity contribution is -0.130. The van der Waals surface area contributed by atoms with E-state index < -0.39 is 32.9 Å². The number of amides is 1. The van der Waals surface area contributed by atoms with E-state index in [2.05, 4.69) is 39.2 Å². The van der Waals surface area contributed by atoms with Crippen molar-refractivity contribution in [1.82, 2.24) is 5.32 Å². The smallest absolute Gasteiger partial charge is 0.217 e. The van der Waals surface area contributed by atoms with Gasteiger partial charge < -0.3 is 24.7 Å². The van der Waals surface area contributed by atoms with Gasteiger partial charge in [-0.25, -0.2) is 0 Å². The molecule has 1 amide bonds. The van der Waals surface area contributed by atoms with Gasteiger partial charge in [0.05, 0.1) is 12.6 Å². The average Bonchev–Trinajstić information content (AvgIpc) is 2.54. The van der Waals surface area contributed by atoms with Crippen molar-refractivity contribution >= 4 is 14.2 Å². The fourth-order valence-electron chi connectivity index (χ4n) is 1.94. The second kappa shape index (κ2) is 6.11. The normalized spacial score (nSPS) is 31.4. The molecule has 1 aliphatic rings. The zero-order chi connectivity index (χ0) is 15.7. The van der Waals surface area contributed by atoms with Crippen molar-refractivity contribution in [3.63, 3.8) is 0 Å². The van der Waals surface area contributed by atoms with E-state index >= 15 is 0 Å². The van der Waals surface area contributed by atoms with Crippen LogP contribution in [0.4, 0.5) is 0 Å². The summed E-state index contributed by atoms with van der Waals surface area (Å²) < 4.78 is 11.4. The fraction of sp³-hybridized carbons (Fsp3) is 0.923. The van der Waals surface area contributed by atoms with Gasteiger partial charge in [0.15, 0.2) is 14.6 Å². The summed E-state index contributed by atoms with van der Waals surface area (Å²) in [6.45, 7) is 11.5. The Balaban J connectivity index is 2.92. The average molecular weight is 305 g/mol. The molecule has 3 N–H and O–H groups in total. The summed E-state index contributed by atoms with van der Waals surface area (Å²) in [4.78, 5) is 11.3. The van der Waals surface area contributed by atoms with Gasteiger partial charge in [-0.1, -0.05) is 20.8 Å². The topological polar surface area (TPSA) is 88.0 Å². The molecule has 0 spiro atoms. The third kappa shape index (κ3) is 3.79. The number of hydrogen-bond donors (Lipinski definition) is 3. The van der Waals surface area contributed by atoms with E-state index in [1.807, 2.05) is 0 Å². The zero-order valence-corrected chi connectivity index (χ0v) is 14.1. The standard InChI is InChI=1S/C13H27NO5Si/c1-8(16)14-10-9(7-15)18-12(17)11(10)19-20(5,6)13(2,3)4/h9-12,15,17H,7H2,1-6H3,(H,14,16)/t9-,10+,11?,12-/m1/s1. The highest BCUT2D eigenvalue weighted by Crippen LogP contribution is 2.39.